The normalized spacial score (nSPS) is 11.3. The van der Waals surface area contributed by atoms with Crippen molar-refractivity contribution in [3.63, 3.8) is 0 Å². The summed E-state index contributed by atoms with van der Waals surface area (Å²) >= 11 is 1.96. The molecule has 0 N–H and O–H groups in total. The molecule has 0 saturated heterocycles. The minimum atomic E-state index is -0.908. The summed E-state index contributed by atoms with van der Waals surface area (Å²) in [5.74, 6) is -2.24. The summed E-state index contributed by atoms with van der Waals surface area (Å²) in [6.07, 6.45) is 0. The molecule has 0 bridgehead atoms. The molecule has 2 aromatic heterocycles. The Kier molecular flexibility index (Phi) is 3.60. The number of aryl methyl sites for hydroxylation is 1. The van der Waals surface area contributed by atoms with Crippen LogP contribution in [0, 0.1) is 28.1 Å². The molecule has 0 spiro atoms. The molecule has 3 rings (SSSR count). The predicted octanol–water partition coefficient (Wildman–Crippen LogP) is 3.81. The third-order valence-corrected chi connectivity index (χ3v) is 3.95. The molecule has 0 unspecified atom stereocenters. The maximum Gasteiger partial charge on any atom is 0.163 e. The number of benzene rings is 1. The summed E-state index contributed by atoms with van der Waals surface area (Å²) < 4.78 is 42.6. The van der Waals surface area contributed by atoms with Gasteiger partial charge in [-0.05, 0) is 41.6 Å². The van der Waals surface area contributed by atoms with Crippen LogP contribution in [0.4, 0.5) is 13.2 Å². The van der Waals surface area contributed by atoms with Crippen molar-refractivity contribution in [1.82, 2.24) is 14.8 Å². The highest BCUT2D eigenvalue weighted by Gasteiger charge is 2.15. The molecule has 0 amide bonds. The third-order valence-electron chi connectivity index (χ3n) is 3.16. The summed E-state index contributed by atoms with van der Waals surface area (Å²) in [5.41, 5.74) is 0.848. The van der Waals surface area contributed by atoms with E-state index in [-0.39, 0.29) is 17.8 Å². The molecule has 0 aliphatic carbocycles. The van der Waals surface area contributed by atoms with Crippen molar-refractivity contribution in [1.29, 1.82) is 0 Å². The molecule has 1 aromatic carbocycles. The van der Waals surface area contributed by atoms with Gasteiger partial charge in [-0.2, -0.15) is 5.10 Å². The summed E-state index contributed by atoms with van der Waals surface area (Å²) in [4.78, 5) is 4.15. The van der Waals surface area contributed by atoms with Gasteiger partial charge in [-0.3, -0.25) is 0 Å². The lowest BCUT2D eigenvalue weighted by Gasteiger charge is -2.05. The van der Waals surface area contributed by atoms with Gasteiger partial charge < -0.3 is 0 Å². The average molecular weight is 403 g/mol. The van der Waals surface area contributed by atoms with Gasteiger partial charge in [-0.15, -0.1) is 0 Å². The van der Waals surface area contributed by atoms with Crippen LogP contribution < -0.4 is 0 Å². The molecule has 0 aliphatic heterocycles. The SMILES string of the molecule is Cc1nc2c(cc1F)c(I)nn2Cc1cccc(F)c1F. The van der Waals surface area contributed by atoms with Gasteiger partial charge in [0, 0.05) is 5.56 Å². The zero-order valence-electron chi connectivity index (χ0n) is 10.9. The maximum absolute atomic E-state index is 13.7. The van der Waals surface area contributed by atoms with Crippen LogP contribution in [0.1, 0.15) is 11.3 Å². The molecule has 0 aliphatic rings. The van der Waals surface area contributed by atoms with Crippen molar-refractivity contribution in [2.24, 2.45) is 0 Å². The molecule has 3 nitrogen and oxygen atoms in total. The lowest BCUT2D eigenvalue weighted by Crippen LogP contribution is -2.06. The lowest BCUT2D eigenvalue weighted by molar-refractivity contribution is 0.492. The van der Waals surface area contributed by atoms with Crippen molar-refractivity contribution in [3.05, 3.63) is 56.7 Å². The van der Waals surface area contributed by atoms with Gasteiger partial charge in [0.25, 0.3) is 0 Å². The molecule has 0 saturated carbocycles. The van der Waals surface area contributed by atoms with E-state index in [0.29, 0.717) is 14.7 Å². The smallest absolute Gasteiger partial charge is 0.163 e. The van der Waals surface area contributed by atoms with E-state index in [4.69, 9.17) is 0 Å². The number of halogens is 4. The molecule has 3 aromatic rings. The quantitative estimate of drug-likeness (QED) is 0.610. The Balaban J connectivity index is 2.13. The fraction of sp³-hybridized carbons (Fsp3) is 0.143. The van der Waals surface area contributed by atoms with E-state index >= 15 is 0 Å². The topological polar surface area (TPSA) is 30.7 Å². The summed E-state index contributed by atoms with van der Waals surface area (Å²) in [6, 6.07) is 5.32. The van der Waals surface area contributed by atoms with Crippen molar-refractivity contribution in [2.75, 3.05) is 0 Å². The first-order valence-corrected chi connectivity index (χ1v) is 7.17. The second-order valence-corrected chi connectivity index (χ2v) is 5.61. The van der Waals surface area contributed by atoms with E-state index in [9.17, 15) is 13.2 Å². The van der Waals surface area contributed by atoms with E-state index in [1.807, 2.05) is 22.6 Å². The van der Waals surface area contributed by atoms with Gasteiger partial charge in [0.05, 0.1) is 17.6 Å². The summed E-state index contributed by atoms with van der Waals surface area (Å²) in [6.45, 7) is 1.57. The van der Waals surface area contributed by atoms with Crippen LogP contribution in [0.15, 0.2) is 24.3 Å². The van der Waals surface area contributed by atoms with Crippen LogP contribution >= 0.6 is 22.6 Å². The number of pyridine rings is 1. The highest BCUT2D eigenvalue weighted by Crippen LogP contribution is 2.22. The Morgan fingerprint density at radius 1 is 1.19 bits per heavy atom. The molecular weight excluding hydrogens is 394 g/mol. The van der Waals surface area contributed by atoms with Crippen LogP contribution in [-0.4, -0.2) is 14.8 Å². The van der Waals surface area contributed by atoms with E-state index in [1.54, 1.807) is 6.92 Å². The molecule has 108 valence electrons. The monoisotopic (exact) mass is 403 g/mol. The minimum Gasteiger partial charge on any atom is -0.242 e. The van der Waals surface area contributed by atoms with Crippen LogP contribution in [0.5, 0.6) is 0 Å². The van der Waals surface area contributed by atoms with E-state index in [0.717, 1.165) is 6.07 Å². The Bertz CT molecular complexity index is 845. The number of hydrogen-bond acceptors (Lipinski definition) is 2. The lowest BCUT2D eigenvalue weighted by atomic mass is 10.2. The summed E-state index contributed by atoms with van der Waals surface area (Å²) in [7, 11) is 0. The highest BCUT2D eigenvalue weighted by atomic mass is 127. The van der Waals surface area contributed by atoms with Crippen molar-refractivity contribution < 1.29 is 13.2 Å². The first-order valence-electron chi connectivity index (χ1n) is 6.09. The first-order chi connectivity index (χ1) is 9.97. The van der Waals surface area contributed by atoms with E-state index in [2.05, 4.69) is 10.1 Å². The van der Waals surface area contributed by atoms with Crippen LogP contribution in [0.3, 0.4) is 0 Å². The Labute approximate surface area is 131 Å². The van der Waals surface area contributed by atoms with Crippen molar-refractivity contribution >= 4 is 33.6 Å². The van der Waals surface area contributed by atoms with Crippen LogP contribution in [0.25, 0.3) is 11.0 Å². The van der Waals surface area contributed by atoms with Crippen LogP contribution in [-0.2, 0) is 6.54 Å². The number of hydrogen-bond donors (Lipinski definition) is 0. The standard InChI is InChI=1S/C14H9F3IN3/c1-7-11(16)5-9-13(18)20-21(14(9)19-7)6-8-3-2-4-10(15)12(8)17/h2-5H,6H2,1H3. The second-order valence-electron chi connectivity index (χ2n) is 4.59. The second kappa shape index (κ2) is 5.28. The molecule has 0 atom stereocenters. The molecule has 0 radical (unpaired) electrons. The van der Waals surface area contributed by atoms with Crippen LogP contribution in [0.2, 0.25) is 0 Å². The molecule has 7 heteroatoms. The van der Waals surface area contributed by atoms with E-state index in [1.165, 1.54) is 22.9 Å². The van der Waals surface area contributed by atoms with Gasteiger partial charge in [-0.25, -0.2) is 22.8 Å². The zero-order valence-corrected chi connectivity index (χ0v) is 13.0. The molecule has 0 fully saturated rings. The fourth-order valence-electron chi connectivity index (χ4n) is 2.07. The fourth-order valence-corrected chi connectivity index (χ4v) is 2.72. The molecule has 2 heterocycles. The zero-order chi connectivity index (χ0) is 15.1. The van der Waals surface area contributed by atoms with E-state index < -0.39 is 17.5 Å². The Morgan fingerprint density at radius 2 is 1.95 bits per heavy atom. The number of rotatable bonds is 2. The maximum atomic E-state index is 13.7. The Hall–Kier alpha value is -1.64. The van der Waals surface area contributed by atoms with Crippen molar-refractivity contribution in [3.8, 4) is 0 Å². The minimum absolute atomic E-state index is 0.0289. The highest BCUT2D eigenvalue weighted by molar-refractivity contribution is 14.1. The Morgan fingerprint density at radius 3 is 2.71 bits per heavy atom. The van der Waals surface area contributed by atoms with Gasteiger partial charge in [0.2, 0.25) is 0 Å². The van der Waals surface area contributed by atoms with Gasteiger partial charge in [0.1, 0.15) is 9.52 Å². The molecule has 21 heavy (non-hydrogen) atoms. The van der Waals surface area contributed by atoms with Gasteiger partial charge in [0.15, 0.2) is 17.3 Å². The summed E-state index contributed by atoms with van der Waals surface area (Å²) in [5, 5.41) is 4.77. The van der Waals surface area contributed by atoms with Gasteiger partial charge in [-0.1, -0.05) is 12.1 Å². The first kappa shape index (κ1) is 14.3. The molecular formula is C14H9F3IN3. The third kappa shape index (κ3) is 2.50. The average Bonchev–Trinajstić information content (AvgIpc) is 2.72. The van der Waals surface area contributed by atoms with Crippen molar-refractivity contribution in [2.45, 2.75) is 13.5 Å². The predicted molar refractivity (Wildman–Crippen MR) is 80.4 cm³/mol. The largest absolute Gasteiger partial charge is 0.242 e. The van der Waals surface area contributed by atoms with Gasteiger partial charge >= 0.3 is 0 Å². The number of fused-ring (bicyclic) bond motifs is 1. The number of aromatic nitrogens is 3. The number of nitrogens with zero attached hydrogens (tertiary/aromatic N) is 3.